The summed E-state index contributed by atoms with van der Waals surface area (Å²) in [5, 5.41) is 5.97. The maximum Gasteiger partial charge on any atom is 0.238 e. The van der Waals surface area contributed by atoms with Crippen molar-refractivity contribution in [2.24, 2.45) is 0 Å². The van der Waals surface area contributed by atoms with Gasteiger partial charge in [0.2, 0.25) is 11.8 Å². The summed E-state index contributed by atoms with van der Waals surface area (Å²) >= 11 is 0. The molecule has 0 bridgehead atoms. The fourth-order valence-electron chi connectivity index (χ4n) is 2.25. The predicted octanol–water partition coefficient (Wildman–Crippen LogP) is 0.502. The van der Waals surface area contributed by atoms with Gasteiger partial charge < -0.3 is 10.2 Å². The summed E-state index contributed by atoms with van der Waals surface area (Å²) in [6.45, 7) is 1.98. The molecule has 0 heterocycles. The van der Waals surface area contributed by atoms with Crippen LogP contribution in [0.15, 0.2) is 0 Å². The molecule has 1 unspecified atom stereocenters. The third-order valence-electron chi connectivity index (χ3n) is 3.35. The van der Waals surface area contributed by atoms with E-state index in [1.165, 1.54) is 24.2 Å². The Morgan fingerprint density at radius 3 is 2.39 bits per heavy atom. The normalized spacial score (nSPS) is 18.2. The zero-order valence-corrected chi connectivity index (χ0v) is 11.7. The molecule has 1 rings (SSSR count). The molecule has 0 aromatic carbocycles. The topological polar surface area (TPSA) is 61.4 Å². The Kier molecular flexibility index (Phi) is 6.12. The minimum absolute atomic E-state index is 0.0135. The highest BCUT2D eigenvalue weighted by atomic mass is 16.2. The van der Waals surface area contributed by atoms with Crippen LogP contribution in [0, 0.1) is 0 Å². The van der Waals surface area contributed by atoms with E-state index in [0.717, 1.165) is 12.8 Å². The Bertz CT molecular complexity index is 286. The molecule has 2 N–H and O–H groups in total. The zero-order valence-electron chi connectivity index (χ0n) is 11.7. The van der Waals surface area contributed by atoms with Crippen molar-refractivity contribution in [2.45, 2.75) is 51.1 Å². The van der Waals surface area contributed by atoms with Gasteiger partial charge in [-0.3, -0.25) is 14.9 Å². The summed E-state index contributed by atoms with van der Waals surface area (Å²) in [6.07, 6.45) is 5.84. The standard InChI is InChI=1S/C13H25N3O2/c1-10(13(18)16(2)3)14-9-12(17)15-11-7-5-4-6-8-11/h10-11,14H,4-9H2,1-3H3,(H,15,17). The third-order valence-corrected chi connectivity index (χ3v) is 3.35. The number of hydrogen-bond acceptors (Lipinski definition) is 3. The van der Waals surface area contributed by atoms with Gasteiger partial charge in [-0.1, -0.05) is 19.3 Å². The summed E-state index contributed by atoms with van der Waals surface area (Å²) in [5.74, 6) is -0.0271. The first-order valence-corrected chi connectivity index (χ1v) is 6.74. The maximum absolute atomic E-state index is 11.7. The minimum atomic E-state index is -0.322. The van der Waals surface area contributed by atoms with E-state index < -0.39 is 0 Å². The van der Waals surface area contributed by atoms with Crippen molar-refractivity contribution >= 4 is 11.8 Å². The Labute approximate surface area is 109 Å². The van der Waals surface area contributed by atoms with Crippen molar-refractivity contribution in [3.05, 3.63) is 0 Å². The number of carbonyl (C=O) groups is 2. The van der Waals surface area contributed by atoms with Gasteiger partial charge in [0, 0.05) is 20.1 Å². The molecular formula is C13H25N3O2. The molecule has 0 aliphatic heterocycles. The van der Waals surface area contributed by atoms with E-state index in [9.17, 15) is 9.59 Å². The number of nitrogens with one attached hydrogen (secondary N) is 2. The quantitative estimate of drug-likeness (QED) is 0.752. The lowest BCUT2D eigenvalue weighted by atomic mass is 9.95. The average molecular weight is 255 g/mol. The van der Waals surface area contributed by atoms with Gasteiger partial charge in [0.15, 0.2) is 0 Å². The number of nitrogens with zero attached hydrogens (tertiary/aromatic N) is 1. The highest BCUT2D eigenvalue weighted by Gasteiger charge is 2.18. The number of hydrogen-bond donors (Lipinski definition) is 2. The Morgan fingerprint density at radius 2 is 1.83 bits per heavy atom. The van der Waals surface area contributed by atoms with E-state index in [4.69, 9.17) is 0 Å². The summed E-state index contributed by atoms with van der Waals surface area (Å²) in [5.41, 5.74) is 0. The maximum atomic E-state index is 11.7. The van der Waals surface area contributed by atoms with E-state index >= 15 is 0 Å². The van der Waals surface area contributed by atoms with Crippen LogP contribution in [-0.2, 0) is 9.59 Å². The van der Waals surface area contributed by atoms with E-state index in [1.807, 2.05) is 0 Å². The second-order valence-electron chi connectivity index (χ2n) is 5.24. The van der Waals surface area contributed by atoms with Crippen LogP contribution in [0.2, 0.25) is 0 Å². The van der Waals surface area contributed by atoms with Gasteiger partial charge in [-0.25, -0.2) is 0 Å². The SMILES string of the molecule is CC(NCC(=O)NC1CCCCC1)C(=O)N(C)C. The molecule has 0 spiro atoms. The lowest BCUT2D eigenvalue weighted by Crippen LogP contribution is -2.47. The molecule has 104 valence electrons. The van der Waals surface area contributed by atoms with Crippen LogP contribution >= 0.6 is 0 Å². The van der Waals surface area contributed by atoms with Gasteiger partial charge in [-0.05, 0) is 19.8 Å². The van der Waals surface area contributed by atoms with Crippen molar-refractivity contribution in [3.8, 4) is 0 Å². The summed E-state index contributed by atoms with van der Waals surface area (Å²) in [6, 6.07) is 0.00464. The zero-order chi connectivity index (χ0) is 13.5. The molecular weight excluding hydrogens is 230 g/mol. The first kappa shape index (κ1) is 15.0. The molecule has 0 aromatic rings. The molecule has 1 atom stereocenters. The number of carbonyl (C=O) groups excluding carboxylic acids is 2. The largest absolute Gasteiger partial charge is 0.352 e. The Morgan fingerprint density at radius 1 is 1.22 bits per heavy atom. The molecule has 0 saturated heterocycles. The van der Waals surface area contributed by atoms with E-state index in [2.05, 4.69) is 10.6 Å². The van der Waals surface area contributed by atoms with E-state index in [0.29, 0.717) is 6.04 Å². The van der Waals surface area contributed by atoms with Gasteiger partial charge in [-0.2, -0.15) is 0 Å². The van der Waals surface area contributed by atoms with Gasteiger partial charge in [0.1, 0.15) is 0 Å². The van der Waals surface area contributed by atoms with Crippen molar-refractivity contribution in [3.63, 3.8) is 0 Å². The monoisotopic (exact) mass is 255 g/mol. The van der Waals surface area contributed by atoms with Crippen LogP contribution in [0.5, 0.6) is 0 Å². The second-order valence-corrected chi connectivity index (χ2v) is 5.24. The van der Waals surface area contributed by atoms with Gasteiger partial charge in [0.25, 0.3) is 0 Å². The van der Waals surface area contributed by atoms with Crippen LogP contribution in [0.25, 0.3) is 0 Å². The second kappa shape index (κ2) is 7.36. The molecule has 0 radical (unpaired) electrons. The number of rotatable bonds is 5. The van der Waals surface area contributed by atoms with Gasteiger partial charge >= 0.3 is 0 Å². The minimum Gasteiger partial charge on any atom is -0.352 e. The number of likely N-dealkylation sites (N-methyl/N-ethyl adjacent to an activating group) is 1. The van der Waals surface area contributed by atoms with Crippen molar-refractivity contribution in [1.82, 2.24) is 15.5 Å². The van der Waals surface area contributed by atoms with Crippen molar-refractivity contribution in [1.29, 1.82) is 0 Å². The van der Waals surface area contributed by atoms with Crippen LogP contribution in [0.1, 0.15) is 39.0 Å². The molecule has 1 fully saturated rings. The van der Waals surface area contributed by atoms with Crippen molar-refractivity contribution < 1.29 is 9.59 Å². The lowest BCUT2D eigenvalue weighted by Gasteiger charge is -2.23. The lowest BCUT2D eigenvalue weighted by molar-refractivity contribution is -0.130. The highest BCUT2D eigenvalue weighted by molar-refractivity contribution is 5.83. The third kappa shape index (κ3) is 5.04. The first-order valence-electron chi connectivity index (χ1n) is 6.74. The molecule has 2 amide bonds. The molecule has 1 aliphatic carbocycles. The average Bonchev–Trinajstić information content (AvgIpc) is 2.36. The summed E-state index contributed by atoms with van der Waals surface area (Å²) in [7, 11) is 3.42. The van der Waals surface area contributed by atoms with Gasteiger partial charge in [0.05, 0.1) is 12.6 Å². The molecule has 1 saturated carbocycles. The molecule has 5 heteroatoms. The fraction of sp³-hybridized carbons (Fsp3) is 0.846. The van der Waals surface area contributed by atoms with Gasteiger partial charge in [-0.15, -0.1) is 0 Å². The molecule has 18 heavy (non-hydrogen) atoms. The molecule has 1 aliphatic rings. The van der Waals surface area contributed by atoms with Crippen LogP contribution in [0.4, 0.5) is 0 Å². The van der Waals surface area contributed by atoms with Crippen molar-refractivity contribution in [2.75, 3.05) is 20.6 Å². The van der Waals surface area contributed by atoms with Crippen LogP contribution < -0.4 is 10.6 Å². The van der Waals surface area contributed by atoms with E-state index in [1.54, 1.807) is 21.0 Å². The Hall–Kier alpha value is -1.10. The fourth-order valence-corrected chi connectivity index (χ4v) is 2.25. The van der Waals surface area contributed by atoms with Crippen LogP contribution in [-0.4, -0.2) is 49.4 Å². The highest BCUT2D eigenvalue weighted by Crippen LogP contribution is 2.17. The summed E-state index contributed by atoms with van der Waals surface area (Å²) < 4.78 is 0. The Balaban J connectivity index is 2.21. The summed E-state index contributed by atoms with van der Waals surface area (Å²) in [4.78, 5) is 24.8. The molecule has 5 nitrogen and oxygen atoms in total. The van der Waals surface area contributed by atoms with E-state index in [-0.39, 0.29) is 24.4 Å². The molecule has 0 aromatic heterocycles. The van der Waals surface area contributed by atoms with Crippen LogP contribution in [0.3, 0.4) is 0 Å². The first-order chi connectivity index (χ1) is 8.50. The number of amides is 2. The smallest absolute Gasteiger partial charge is 0.238 e. The predicted molar refractivity (Wildman–Crippen MR) is 71.2 cm³/mol.